The van der Waals surface area contributed by atoms with Crippen LogP contribution >= 0.6 is 11.6 Å². The minimum Gasteiger partial charge on any atom is -0.319 e. The largest absolute Gasteiger partial charge is 0.319 e. The maximum Gasteiger partial charge on any atom is 0.155 e. The summed E-state index contributed by atoms with van der Waals surface area (Å²) in [4.78, 5) is 9.66. The van der Waals surface area contributed by atoms with Crippen LogP contribution in [-0.4, -0.2) is 4.98 Å². The first-order valence-corrected chi connectivity index (χ1v) is 13.6. The van der Waals surface area contributed by atoms with Crippen LogP contribution in [0.3, 0.4) is 0 Å². The Kier molecular flexibility index (Phi) is 7.80. The van der Waals surface area contributed by atoms with Crippen LogP contribution in [0.1, 0.15) is 113 Å². The van der Waals surface area contributed by atoms with Gasteiger partial charge in [-0.1, -0.05) is 103 Å². The topological polar surface area (TPSA) is 19.4 Å². The molecule has 2 heterocycles. The maximum absolute atomic E-state index is 6.88. The number of para-hydroxylation sites is 2. The molecule has 0 atom stereocenters. The Balaban J connectivity index is 2.01. The first kappa shape index (κ1) is 26.3. The van der Waals surface area contributed by atoms with Crippen molar-refractivity contribution in [2.45, 2.75) is 85.2 Å². The molecule has 1 aliphatic heterocycles. The van der Waals surface area contributed by atoms with E-state index in [0.717, 1.165) is 5.69 Å². The zero-order chi connectivity index (χ0) is 26.1. The second-order valence-electron chi connectivity index (χ2n) is 11.0. The quantitative estimate of drug-likeness (QED) is 0.321. The Morgan fingerprint density at radius 3 is 1.33 bits per heavy atom. The summed E-state index contributed by atoms with van der Waals surface area (Å²) in [5, 5.41) is 0.683. The molecule has 1 aliphatic rings. The summed E-state index contributed by atoms with van der Waals surface area (Å²) in [7, 11) is 0. The van der Waals surface area contributed by atoms with E-state index < -0.39 is 0 Å². The number of benzene rings is 2. The van der Waals surface area contributed by atoms with Crippen LogP contribution in [-0.2, 0) is 0 Å². The molecule has 4 heteroatoms. The lowest BCUT2D eigenvalue weighted by atomic mass is 9.91. The molecule has 2 aromatic carbocycles. The summed E-state index contributed by atoms with van der Waals surface area (Å²) in [6.45, 7) is 18.2. The molecule has 0 aliphatic carbocycles. The molecule has 1 aromatic heterocycles. The molecule has 4 rings (SSSR count). The zero-order valence-electron chi connectivity index (χ0n) is 23.0. The first-order valence-electron chi connectivity index (χ1n) is 13.2. The number of aromatic nitrogens is 1. The van der Waals surface area contributed by atoms with Gasteiger partial charge in [-0.25, -0.2) is 0 Å². The van der Waals surface area contributed by atoms with Gasteiger partial charge in [-0.15, -0.1) is 0 Å². The standard InChI is InChI=1S/C32H40ClN3/c1-20(2)24-12-9-13-25(21(3)4)30(24)35-18-19-36(32(35)29-28(33)16-11-17-34-29)31-26(22(5)6)14-10-15-27(31)23(7)8/h9-23,32H,1-8H3. The molecule has 0 unspecified atom stereocenters. The molecule has 0 spiro atoms. The predicted molar refractivity (Wildman–Crippen MR) is 155 cm³/mol. The third-order valence-electron chi connectivity index (χ3n) is 7.15. The van der Waals surface area contributed by atoms with Gasteiger partial charge in [0, 0.05) is 30.0 Å². The summed E-state index contributed by atoms with van der Waals surface area (Å²) in [6.07, 6.45) is 6.12. The van der Waals surface area contributed by atoms with Gasteiger partial charge in [-0.3, -0.25) is 4.98 Å². The SMILES string of the molecule is CC(C)c1cccc(C(C)C)c1N1C=CN(c2c(C(C)C)cccc2C(C)C)C1c1ncccc1Cl. The fourth-order valence-corrected chi connectivity index (χ4v) is 5.52. The van der Waals surface area contributed by atoms with Crippen LogP contribution in [0.25, 0.3) is 0 Å². The Hall–Kier alpha value is -2.78. The van der Waals surface area contributed by atoms with Crippen LogP contribution in [0, 0.1) is 0 Å². The van der Waals surface area contributed by atoms with Crippen LogP contribution in [0.5, 0.6) is 0 Å². The zero-order valence-corrected chi connectivity index (χ0v) is 23.7. The Labute approximate surface area is 222 Å². The van der Waals surface area contributed by atoms with E-state index in [0.29, 0.717) is 28.7 Å². The van der Waals surface area contributed by atoms with Crippen LogP contribution in [0.4, 0.5) is 11.4 Å². The van der Waals surface area contributed by atoms with Crippen LogP contribution < -0.4 is 9.80 Å². The van der Waals surface area contributed by atoms with Crippen molar-refractivity contribution in [1.82, 2.24) is 4.98 Å². The Morgan fingerprint density at radius 1 is 0.611 bits per heavy atom. The number of anilines is 2. The average Bonchev–Trinajstić information content (AvgIpc) is 3.27. The van der Waals surface area contributed by atoms with Gasteiger partial charge in [-0.05, 0) is 58.1 Å². The molecule has 0 saturated heterocycles. The van der Waals surface area contributed by atoms with Crippen LogP contribution in [0.2, 0.25) is 5.02 Å². The van der Waals surface area contributed by atoms with Crippen molar-refractivity contribution >= 4 is 23.0 Å². The molecule has 3 aromatic rings. The van der Waals surface area contributed by atoms with Crippen molar-refractivity contribution < 1.29 is 0 Å². The summed E-state index contributed by atoms with van der Waals surface area (Å²) in [5.74, 6) is 1.54. The molecule has 0 bridgehead atoms. The lowest BCUT2D eigenvalue weighted by molar-refractivity contribution is 0.683. The Bertz CT molecular complexity index is 1120. The molecule has 36 heavy (non-hydrogen) atoms. The van der Waals surface area contributed by atoms with Gasteiger partial charge in [-0.2, -0.15) is 0 Å². The smallest absolute Gasteiger partial charge is 0.155 e. The van der Waals surface area contributed by atoms with E-state index in [1.54, 1.807) is 0 Å². The summed E-state index contributed by atoms with van der Waals surface area (Å²) in [5.41, 5.74) is 8.75. The third kappa shape index (κ3) is 4.78. The van der Waals surface area contributed by atoms with Crippen molar-refractivity contribution in [1.29, 1.82) is 0 Å². The molecule has 0 fully saturated rings. The van der Waals surface area contributed by atoms with Crippen molar-refractivity contribution in [3.8, 4) is 0 Å². The van der Waals surface area contributed by atoms with E-state index in [4.69, 9.17) is 16.6 Å². The van der Waals surface area contributed by atoms with Crippen molar-refractivity contribution in [3.63, 3.8) is 0 Å². The van der Waals surface area contributed by atoms with Gasteiger partial charge in [0.05, 0.1) is 5.02 Å². The monoisotopic (exact) mass is 501 g/mol. The summed E-state index contributed by atoms with van der Waals surface area (Å²) in [6, 6.07) is 17.3. The van der Waals surface area contributed by atoms with Gasteiger partial charge in [0.25, 0.3) is 0 Å². The maximum atomic E-state index is 6.88. The number of hydrogen-bond donors (Lipinski definition) is 0. The van der Waals surface area contributed by atoms with Gasteiger partial charge >= 0.3 is 0 Å². The van der Waals surface area contributed by atoms with Crippen LogP contribution in [0.15, 0.2) is 67.1 Å². The van der Waals surface area contributed by atoms with Gasteiger partial charge < -0.3 is 9.80 Å². The van der Waals surface area contributed by atoms with E-state index >= 15 is 0 Å². The number of rotatable bonds is 7. The normalized spacial score (nSPS) is 14.4. The lowest BCUT2D eigenvalue weighted by Crippen LogP contribution is -2.34. The van der Waals surface area contributed by atoms with Crippen molar-refractivity contribution in [3.05, 3.63) is 100 Å². The van der Waals surface area contributed by atoms with E-state index in [-0.39, 0.29) is 6.17 Å². The van der Waals surface area contributed by atoms with E-state index in [9.17, 15) is 0 Å². The highest BCUT2D eigenvalue weighted by molar-refractivity contribution is 6.31. The van der Waals surface area contributed by atoms with Crippen molar-refractivity contribution in [2.75, 3.05) is 9.80 Å². The molecule has 0 N–H and O–H groups in total. The number of hydrogen-bond acceptors (Lipinski definition) is 3. The molecular weight excluding hydrogens is 462 g/mol. The van der Waals surface area contributed by atoms with E-state index in [2.05, 4.69) is 114 Å². The molecule has 0 saturated carbocycles. The average molecular weight is 502 g/mol. The number of nitrogens with zero attached hydrogens (tertiary/aromatic N) is 3. The summed E-state index contributed by atoms with van der Waals surface area (Å²) < 4.78 is 0. The first-order chi connectivity index (χ1) is 17.1. The predicted octanol–water partition coefficient (Wildman–Crippen LogP) is 9.73. The summed E-state index contributed by atoms with van der Waals surface area (Å²) >= 11 is 6.88. The fraction of sp³-hybridized carbons (Fsp3) is 0.406. The van der Waals surface area contributed by atoms with E-state index in [1.807, 2.05) is 18.3 Å². The minimum absolute atomic E-state index is 0.187. The Morgan fingerprint density at radius 2 is 1.00 bits per heavy atom. The van der Waals surface area contributed by atoms with E-state index in [1.165, 1.54) is 33.6 Å². The highest BCUT2D eigenvalue weighted by Crippen LogP contribution is 2.48. The number of halogens is 1. The minimum atomic E-state index is -0.187. The number of pyridine rings is 1. The second-order valence-corrected chi connectivity index (χ2v) is 11.5. The lowest BCUT2D eigenvalue weighted by Gasteiger charge is -2.38. The fourth-order valence-electron chi connectivity index (χ4n) is 5.31. The second kappa shape index (κ2) is 10.7. The van der Waals surface area contributed by atoms with Gasteiger partial charge in [0.15, 0.2) is 6.17 Å². The van der Waals surface area contributed by atoms with Crippen molar-refractivity contribution in [2.24, 2.45) is 0 Å². The molecule has 190 valence electrons. The molecule has 0 amide bonds. The molecule has 3 nitrogen and oxygen atoms in total. The van der Waals surface area contributed by atoms with Gasteiger partial charge in [0.1, 0.15) is 5.69 Å². The third-order valence-corrected chi connectivity index (χ3v) is 7.47. The highest BCUT2D eigenvalue weighted by atomic mass is 35.5. The molecular formula is C32H40ClN3. The van der Waals surface area contributed by atoms with Gasteiger partial charge in [0.2, 0.25) is 0 Å². The highest BCUT2D eigenvalue weighted by Gasteiger charge is 2.37. The molecule has 0 radical (unpaired) electrons.